The largest absolute Gasteiger partial charge is 1.00 e. The first kappa shape index (κ1) is 11.6. The van der Waals surface area contributed by atoms with E-state index in [2.05, 4.69) is 0 Å². The van der Waals surface area contributed by atoms with E-state index in [4.69, 9.17) is 5.26 Å². The molecule has 1 aromatic rings. The van der Waals surface area contributed by atoms with Gasteiger partial charge in [-0.05, 0) is 0 Å². The van der Waals surface area contributed by atoms with Crippen LogP contribution in [0.15, 0.2) is 30.3 Å². The molecule has 5 heteroatoms. The number of hydrogen-bond donors (Lipinski definition) is 0. The summed E-state index contributed by atoms with van der Waals surface area (Å²) in [6, 6.07) is 7.12. The van der Waals surface area contributed by atoms with Crippen molar-refractivity contribution in [1.82, 2.24) is 0 Å². The minimum Gasteiger partial charge on any atom is -0.461 e. The van der Waals surface area contributed by atoms with Gasteiger partial charge in [-0.25, -0.2) is 5.26 Å². The van der Waals surface area contributed by atoms with Crippen molar-refractivity contribution in [1.29, 1.82) is 5.26 Å². The van der Waals surface area contributed by atoms with Crippen LogP contribution in [-0.4, -0.2) is 6.70 Å². The van der Waals surface area contributed by atoms with E-state index in [0.29, 0.717) is 0 Å². The van der Waals surface area contributed by atoms with Gasteiger partial charge in [-0.2, -0.15) is 0 Å². The molecule has 0 amide bonds. The third-order valence-electron chi connectivity index (χ3n) is 1.38. The van der Waals surface area contributed by atoms with Crippen LogP contribution in [0.5, 0.6) is 0 Å². The number of nitriles is 1. The van der Waals surface area contributed by atoms with Crippen LogP contribution in [-0.2, 0) is 0 Å². The number of benzene rings is 1. The second kappa shape index (κ2) is 4.61. The molecule has 1 nitrogen and oxygen atoms in total. The molecule has 0 atom stereocenters. The third kappa shape index (κ3) is 2.60. The van der Waals surface area contributed by atoms with Gasteiger partial charge in [0, 0.05) is 0 Å². The Morgan fingerprint density at radius 3 is 2.08 bits per heavy atom. The fraction of sp³-hybridized carbons (Fsp3) is 0. The zero-order valence-electron chi connectivity index (χ0n) is 6.67. The fourth-order valence-corrected chi connectivity index (χ4v) is 0.769. The van der Waals surface area contributed by atoms with Gasteiger partial charge in [0.25, 0.3) is 0 Å². The van der Waals surface area contributed by atoms with Crippen molar-refractivity contribution >= 4 is 12.2 Å². The molecular weight excluding hydrogens is 170 g/mol. The third-order valence-corrected chi connectivity index (χ3v) is 1.38. The van der Waals surface area contributed by atoms with Gasteiger partial charge >= 0.3 is 36.3 Å². The summed E-state index contributed by atoms with van der Waals surface area (Å²) in [4.78, 5) is 0. The number of hydrogen-bond acceptors (Lipinski definition) is 1. The maximum atomic E-state index is 12.6. The molecule has 1 rings (SSSR count). The zero-order valence-corrected chi connectivity index (χ0v) is 8.67. The Labute approximate surface area is 91.7 Å². The van der Waals surface area contributed by atoms with Gasteiger partial charge in [0.15, 0.2) is 0 Å². The van der Waals surface area contributed by atoms with Crippen LogP contribution in [0.1, 0.15) is 0 Å². The molecule has 0 unspecified atom stereocenters. The van der Waals surface area contributed by atoms with Crippen molar-refractivity contribution in [2.24, 2.45) is 0 Å². The van der Waals surface area contributed by atoms with Crippen molar-refractivity contribution in [3.8, 4) is 5.97 Å². The van der Waals surface area contributed by atoms with Gasteiger partial charge in [0.2, 0.25) is 0 Å². The second-order valence-electron chi connectivity index (χ2n) is 2.20. The van der Waals surface area contributed by atoms with Crippen molar-refractivity contribution in [2.45, 2.75) is 0 Å². The van der Waals surface area contributed by atoms with E-state index in [1.165, 1.54) is 24.3 Å². The first-order chi connectivity index (χ1) is 5.17. The summed E-state index contributed by atoms with van der Waals surface area (Å²) >= 11 is 0. The average Bonchev–Trinajstić information content (AvgIpc) is 2.06. The second-order valence-corrected chi connectivity index (χ2v) is 2.20. The van der Waals surface area contributed by atoms with Gasteiger partial charge in [0.1, 0.15) is 0 Å². The summed E-state index contributed by atoms with van der Waals surface area (Å²) in [5, 5.41) is 8.08. The average molecular weight is 175 g/mol. The van der Waals surface area contributed by atoms with Crippen LogP contribution in [0.4, 0.5) is 8.63 Å². The molecule has 0 aliphatic heterocycles. The van der Waals surface area contributed by atoms with Crippen molar-refractivity contribution < 1.29 is 38.2 Å². The molecule has 0 aliphatic carbocycles. The van der Waals surface area contributed by atoms with Gasteiger partial charge in [-0.1, -0.05) is 36.3 Å². The molecule has 0 saturated heterocycles. The van der Waals surface area contributed by atoms with Gasteiger partial charge in [-0.3, -0.25) is 0 Å². The Balaban J connectivity index is 0.00000121. The summed E-state index contributed by atoms with van der Waals surface area (Å²) in [6.45, 7) is -3.98. The molecule has 0 aromatic heterocycles. The first-order valence-corrected chi connectivity index (χ1v) is 3.15. The standard InChI is InChI=1S/C7H5BF2N.Na/c9-8(10,6-11)7-4-2-1-3-5-7;/h1-5H;/q-1;+1. The van der Waals surface area contributed by atoms with Crippen LogP contribution in [0, 0.1) is 11.2 Å². The van der Waals surface area contributed by atoms with E-state index in [0.717, 1.165) is 5.97 Å². The maximum absolute atomic E-state index is 12.6. The summed E-state index contributed by atoms with van der Waals surface area (Å²) < 4.78 is 25.2. The first-order valence-electron chi connectivity index (χ1n) is 3.15. The molecule has 1 aromatic carbocycles. The topological polar surface area (TPSA) is 23.8 Å². The summed E-state index contributed by atoms with van der Waals surface area (Å²) in [7, 11) is 0. The number of nitrogens with zero attached hydrogens (tertiary/aromatic N) is 1. The predicted molar refractivity (Wildman–Crippen MR) is 39.7 cm³/mol. The summed E-state index contributed by atoms with van der Waals surface area (Å²) in [5.74, 6) is 0.987. The molecule has 0 heterocycles. The summed E-state index contributed by atoms with van der Waals surface area (Å²) in [6.07, 6.45) is 0. The van der Waals surface area contributed by atoms with Crippen LogP contribution < -0.4 is 35.0 Å². The molecule has 56 valence electrons. The molecule has 0 N–H and O–H groups in total. The number of halogens is 2. The quantitative estimate of drug-likeness (QED) is 0.468. The fourth-order valence-electron chi connectivity index (χ4n) is 0.769. The minimum atomic E-state index is -3.98. The van der Waals surface area contributed by atoms with Crippen LogP contribution in [0.2, 0.25) is 0 Å². The van der Waals surface area contributed by atoms with Crippen LogP contribution in [0.25, 0.3) is 0 Å². The van der Waals surface area contributed by atoms with Crippen molar-refractivity contribution in [3.05, 3.63) is 30.3 Å². The molecule has 0 saturated carbocycles. The molecule has 0 radical (unpaired) electrons. The van der Waals surface area contributed by atoms with E-state index >= 15 is 0 Å². The smallest absolute Gasteiger partial charge is 0.461 e. The van der Waals surface area contributed by atoms with E-state index in [1.54, 1.807) is 6.07 Å². The molecular formula is C7H5BF2NNa. The van der Waals surface area contributed by atoms with Gasteiger partial charge in [-0.15, -0.1) is 5.46 Å². The van der Waals surface area contributed by atoms with E-state index in [9.17, 15) is 8.63 Å². The summed E-state index contributed by atoms with van der Waals surface area (Å²) in [5.41, 5.74) is -0.199. The van der Waals surface area contributed by atoms with E-state index < -0.39 is 6.70 Å². The Hall–Kier alpha value is -0.365. The Bertz CT molecular complexity index is 283. The zero-order chi connectivity index (χ0) is 8.32. The Morgan fingerprint density at radius 2 is 1.67 bits per heavy atom. The molecule has 0 spiro atoms. The Kier molecular flexibility index (Phi) is 4.47. The van der Waals surface area contributed by atoms with Crippen molar-refractivity contribution in [3.63, 3.8) is 0 Å². The molecule has 12 heavy (non-hydrogen) atoms. The monoisotopic (exact) mass is 175 g/mol. The normalized spacial score (nSPS) is 9.75. The SMILES string of the molecule is N#C[B-](F)(F)c1ccccc1.[Na+]. The van der Waals surface area contributed by atoms with Crippen LogP contribution in [0.3, 0.4) is 0 Å². The minimum absolute atomic E-state index is 0. The Morgan fingerprint density at radius 1 is 1.17 bits per heavy atom. The molecule has 0 bridgehead atoms. The molecule has 0 aliphatic rings. The number of rotatable bonds is 1. The van der Waals surface area contributed by atoms with Crippen LogP contribution >= 0.6 is 0 Å². The maximum Gasteiger partial charge on any atom is 1.00 e. The van der Waals surface area contributed by atoms with Gasteiger partial charge in [0.05, 0.1) is 0 Å². The van der Waals surface area contributed by atoms with E-state index in [1.807, 2.05) is 0 Å². The van der Waals surface area contributed by atoms with Crippen molar-refractivity contribution in [2.75, 3.05) is 0 Å². The van der Waals surface area contributed by atoms with E-state index in [-0.39, 0.29) is 35.0 Å². The molecule has 0 fully saturated rings. The van der Waals surface area contributed by atoms with Gasteiger partial charge < -0.3 is 8.63 Å². The predicted octanol–water partition coefficient (Wildman–Crippen LogP) is -1.66.